The summed E-state index contributed by atoms with van der Waals surface area (Å²) in [6.07, 6.45) is 4.21. The first kappa shape index (κ1) is 15.9. The fraction of sp³-hybridized carbons (Fsp3) is 1.00. The van der Waals surface area contributed by atoms with E-state index in [4.69, 9.17) is 0 Å². The molecule has 0 aromatic carbocycles. The minimum absolute atomic E-state index is 0.149. The van der Waals surface area contributed by atoms with Crippen molar-refractivity contribution in [2.45, 2.75) is 72.4 Å². The van der Waals surface area contributed by atoms with Gasteiger partial charge in [0.25, 0.3) is 0 Å². The molecule has 16 heavy (non-hydrogen) atoms. The van der Waals surface area contributed by atoms with E-state index in [1.54, 1.807) is 0 Å². The molecule has 1 N–H and O–H groups in total. The summed E-state index contributed by atoms with van der Waals surface area (Å²) < 4.78 is 0. The molecule has 1 unspecified atom stereocenters. The molecule has 0 spiro atoms. The quantitative estimate of drug-likeness (QED) is 0.656. The van der Waals surface area contributed by atoms with Crippen LogP contribution in [0.25, 0.3) is 0 Å². The molecule has 0 saturated heterocycles. The summed E-state index contributed by atoms with van der Waals surface area (Å²) in [5.74, 6) is 0.675. The normalized spacial score (nSPS) is 14.1. The fourth-order valence-electron chi connectivity index (χ4n) is 2.34. The summed E-state index contributed by atoms with van der Waals surface area (Å²) in [4.78, 5) is 2.48. The summed E-state index contributed by atoms with van der Waals surface area (Å²) in [6.45, 7) is 13.1. The van der Waals surface area contributed by atoms with Gasteiger partial charge in [0.1, 0.15) is 0 Å². The van der Waals surface area contributed by atoms with Gasteiger partial charge < -0.3 is 5.11 Å². The number of aliphatic hydroxyl groups is 1. The van der Waals surface area contributed by atoms with Crippen LogP contribution in [-0.2, 0) is 0 Å². The number of aliphatic hydroxyl groups excluding tert-OH is 1. The van der Waals surface area contributed by atoms with E-state index in [1.165, 1.54) is 12.8 Å². The Bertz CT molecular complexity index is 155. The van der Waals surface area contributed by atoms with E-state index in [2.05, 4.69) is 39.5 Å². The van der Waals surface area contributed by atoms with Gasteiger partial charge in [-0.25, -0.2) is 0 Å². The van der Waals surface area contributed by atoms with E-state index < -0.39 is 0 Å². The molecule has 0 aliphatic carbocycles. The van der Waals surface area contributed by atoms with Crippen LogP contribution in [-0.4, -0.2) is 35.2 Å². The average molecular weight is 229 g/mol. The van der Waals surface area contributed by atoms with Crippen molar-refractivity contribution in [2.24, 2.45) is 5.92 Å². The second kappa shape index (κ2) is 9.00. The number of hydrogen-bond acceptors (Lipinski definition) is 2. The van der Waals surface area contributed by atoms with Crippen molar-refractivity contribution in [1.82, 2.24) is 4.90 Å². The predicted molar refractivity (Wildman–Crippen MR) is 71.7 cm³/mol. The first-order valence-corrected chi connectivity index (χ1v) is 6.97. The number of hydrogen-bond donors (Lipinski definition) is 1. The second-order valence-electron chi connectivity index (χ2n) is 5.26. The zero-order valence-electron chi connectivity index (χ0n) is 11.9. The van der Waals surface area contributed by atoms with Gasteiger partial charge in [-0.2, -0.15) is 0 Å². The molecule has 2 heteroatoms. The molecule has 0 heterocycles. The summed E-state index contributed by atoms with van der Waals surface area (Å²) in [5.41, 5.74) is 0. The highest BCUT2D eigenvalue weighted by atomic mass is 16.3. The van der Waals surface area contributed by atoms with E-state index in [-0.39, 0.29) is 6.10 Å². The van der Waals surface area contributed by atoms with Crippen molar-refractivity contribution in [1.29, 1.82) is 0 Å². The zero-order chi connectivity index (χ0) is 12.6. The summed E-state index contributed by atoms with van der Waals surface area (Å²) >= 11 is 0. The third-order valence-electron chi connectivity index (χ3n) is 3.13. The van der Waals surface area contributed by atoms with Gasteiger partial charge in [-0.15, -0.1) is 0 Å². The van der Waals surface area contributed by atoms with Crippen LogP contribution in [0.2, 0.25) is 0 Å². The van der Waals surface area contributed by atoms with Crippen LogP contribution in [0.5, 0.6) is 0 Å². The lowest BCUT2D eigenvalue weighted by atomic mass is 10.1. The van der Waals surface area contributed by atoms with Gasteiger partial charge in [0.05, 0.1) is 6.10 Å². The van der Waals surface area contributed by atoms with Gasteiger partial charge in [-0.1, -0.05) is 41.0 Å². The molecule has 0 aromatic rings. The molecule has 98 valence electrons. The van der Waals surface area contributed by atoms with E-state index in [0.29, 0.717) is 12.0 Å². The van der Waals surface area contributed by atoms with Gasteiger partial charge in [-0.3, -0.25) is 4.90 Å². The first-order valence-electron chi connectivity index (χ1n) is 6.97. The van der Waals surface area contributed by atoms with Gasteiger partial charge in [0.2, 0.25) is 0 Å². The summed E-state index contributed by atoms with van der Waals surface area (Å²) in [6, 6.07) is 0.633. The molecule has 0 fully saturated rings. The zero-order valence-corrected chi connectivity index (χ0v) is 11.9. The van der Waals surface area contributed by atoms with E-state index >= 15 is 0 Å². The van der Waals surface area contributed by atoms with Crippen LogP contribution in [0.3, 0.4) is 0 Å². The Labute approximate surface area is 102 Å². The van der Waals surface area contributed by atoms with Crippen LogP contribution in [0, 0.1) is 5.92 Å². The van der Waals surface area contributed by atoms with Crippen LogP contribution in [0.1, 0.15) is 60.3 Å². The maximum absolute atomic E-state index is 9.93. The Morgan fingerprint density at radius 2 is 1.56 bits per heavy atom. The van der Waals surface area contributed by atoms with Crippen LogP contribution < -0.4 is 0 Å². The number of rotatable bonds is 9. The lowest BCUT2D eigenvalue weighted by molar-refractivity contribution is 0.0700. The third-order valence-corrected chi connectivity index (χ3v) is 3.13. The minimum atomic E-state index is -0.149. The van der Waals surface area contributed by atoms with Crippen molar-refractivity contribution < 1.29 is 5.11 Å². The standard InChI is InChI=1S/C14H31NO/c1-6-9-14(16)11-15(10-12(4)5)13(7-2)8-3/h12-14,16H,6-11H2,1-5H3. The fourth-order valence-corrected chi connectivity index (χ4v) is 2.34. The lowest BCUT2D eigenvalue weighted by Gasteiger charge is -2.33. The SMILES string of the molecule is CCCC(O)CN(CC(C)C)C(CC)CC. The van der Waals surface area contributed by atoms with Gasteiger partial charge >= 0.3 is 0 Å². The molecule has 2 nitrogen and oxygen atoms in total. The molecule has 0 aromatic heterocycles. The maximum Gasteiger partial charge on any atom is 0.0667 e. The van der Waals surface area contributed by atoms with Crippen LogP contribution in [0.15, 0.2) is 0 Å². The molecule has 0 aliphatic rings. The van der Waals surface area contributed by atoms with Crippen molar-refractivity contribution in [2.75, 3.05) is 13.1 Å². The Kier molecular flexibility index (Phi) is 8.96. The van der Waals surface area contributed by atoms with Gasteiger partial charge in [0, 0.05) is 19.1 Å². The smallest absolute Gasteiger partial charge is 0.0667 e. The van der Waals surface area contributed by atoms with Crippen LogP contribution >= 0.6 is 0 Å². The first-order chi connectivity index (χ1) is 7.54. The predicted octanol–water partition coefficient (Wildman–Crippen LogP) is 3.29. The Morgan fingerprint density at radius 3 is 1.94 bits per heavy atom. The number of nitrogens with zero attached hydrogens (tertiary/aromatic N) is 1. The van der Waals surface area contributed by atoms with Crippen molar-refractivity contribution >= 4 is 0 Å². The second-order valence-corrected chi connectivity index (χ2v) is 5.26. The molecule has 0 radical (unpaired) electrons. The third kappa shape index (κ3) is 6.49. The van der Waals surface area contributed by atoms with E-state index in [0.717, 1.165) is 25.9 Å². The molecule has 1 atom stereocenters. The largest absolute Gasteiger partial charge is 0.392 e. The summed E-state index contributed by atoms with van der Waals surface area (Å²) in [5, 5.41) is 9.93. The molecule has 0 saturated carbocycles. The lowest BCUT2D eigenvalue weighted by Crippen LogP contribution is -2.42. The van der Waals surface area contributed by atoms with E-state index in [9.17, 15) is 5.11 Å². The van der Waals surface area contributed by atoms with Crippen molar-refractivity contribution in [3.63, 3.8) is 0 Å². The molecular formula is C14H31NO. The molecular weight excluding hydrogens is 198 g/mol. The highest BCUT2D eigenvalue weighted by Gasteiger charge is 2.18. The summed E-state index contributed by atoms with van der Waals surface area (Å²) in [7, 11) is 0. The Morgan fingerprint density at radius 1 is 1.00 bits per heavy atom. The highest BCUT2D eigenvalue weighted by Crippen LogP contribution is 2.13. The Hall–Kier alpha value is -0.0800. The van der Waals surface area contributed by atoms with Crippen LogP contribution in [0.4, 0.5) is 0 Å². The van der Waals surface area contributed by atoms with E-state index in [1.807, 2.05) is 0 Å². The minimum Gasteiger partial charge on any atom is -0.392 e. The molecule has 0 aliphatic heterocycles. The van der Waals surface area contributed by atoms with Gasteiger partial charge in [-0.05, 0) is 25.2 Å². The monoisotopic (exact) mass is 229 g/mol. The topological polar surface area (TPSA) is 23.5 Å². The molecule has 0 rings (SSSR count). The Balaban J connectivity index is 4.28. The average Bonchev–Trinajstić information content (AvgIpc) is 2.18. The maximum atomic E-state index is 9.93. The van der Waals surface area contributed by atoms with Gasteiger partial charge in [0.15, 0.2) is 0 Å². The molecule has 0 bridgehead atoms. The molecule has 0 amide bonds. The van der Waals surface area contributed by atoms with Crippen molar-refractivity contribution in [3.05, 3.63) is 0 Å². The highest BCUT2D eigenvalue weighted by molar-refractivity contribution is 4.73. The van der Waals surface area contributed by atoms with Crippen molar-refractivity contribution in [3.8, 4) is 0 Å².